The standard InChI is InChI=1S/C26H24BrNO/c1-17-14-19-6-3-4-8-22(19)24-23(17)26(15-18-9-11-21(27)12-10-18)13-5-7-20(16-29)25(26)28(24)2/h3-4,6,8-12,14,16H,5,7,13,15H2,1-2H3. The maximum Gasteiger partial charge on any atom is 0.147 e. The van der Waals surface area contributed by atoms with Crippen molar-refractivity contribution < 1.29 is 4.79 Å². The van der Waals surface area contributed by atoms with Crippen LogP contribution in [0, 0.1) is 6.92 Å². The molecule has 0 radical (unpaired) electrons. The molecule has 0 spiro atoms. The number of hydrogen-bond donors (Lipinski definition) is 0. The van der Waals surface area contributed by atoms with Gasteiger partial charge in [-0.05, 0) is 66.8 Å². The van der Waals surface area contributed by atoms with Crippen molar-refractivity contribution in [2.24, 2.45) is 0 Å². The van der Waals surface area contributed by atoms with Crippen LogP contribution in [0.15, 0.2) is 70.3 Å². The van der Waals surface area contributed by atoms with Crippen LogP contribution in [0.2, 0.25) is 0 Å². The van der Waals surface area contributed by atoms with E-state index in [4.69, 9.17) is 0 Å². The highest BCUT2D eigenvalue weighted by atomic mass is 79.9. The van der Waals surface area contributed by atoms with Gasteiger partial charge in [0, 0.05) is 33.6 Å². The van der Waals surface area contributed by atoms with Crippen LogP contribution < -0.4 is 4.90 Å². The van der Waals surface area contributed by atoms with Crippen molar-refractivity contribution in [3.8, 4) is 0 Å². The van der Waals surface area contributed by atoms with Crippen molar-refractivity contribution in [2.45, 2.75) is 38.0 Å². The highest BCUT2D eigenvalue weighted by Gasteiger charge is 2.50. The molecular weight excluding hydrogens is 422 g/mol. The summed E-state index contributed by atoms with van der Waals surface area (Å²) in [5.74, 6) is 0. The number of rotatable bonds is 3. The highest BCUT2D eigenvalue weighted by molar-refractivity contribution is 9.10. The first-order valence-corrected chi connectivity index (χ1v) is 11.0. The van der Waals surface area contributed by atoms with Crippen molar-refractivity contribution in [1.82, 2.24) is 0 Å². The Labute approximate surface area is 180 Å². The number of allylic oxidation sites excluding steroid dienone is 2. The van der Waals surface area contributed by atoms with Gasteiger partial charge in [0.05, 0.1) is 5.69 Å². The number of carbonyl (C=O) groups is 1. The lowest BCUT2D eigenvalue weighted by molar-refractivity contribution is -0.105. The van der Waals surface area contributed by atoms with Crippen LogP contribution in [0.3, 0.4) is 0 Å². The number of nitrogens with zero attached hydrogens (tertiary/aromatic N) is 1. The van der Waals surface area contributed by atoms with E-state index < -0.39 is 0 Å². The van der Waals surface area contributed by atoms with E-state index in [1.165, 1.54) is 38.8 Å². The first-order chi connectivity index (χ1) is 14.0. The summed E-state index contributed by atoms with van der Waals surface area (Å²) in [6, 6.07) is 19.6. The van der Waals surface area contributed by atoms with Gasteiger partial charge >= 0.3 is 0 Å². The fourth-order valence-corrected chi connectivity index (χ4v) is 6.02. The first kappa shape index (κ1) is 18.6. The molecule has 29 heavy (non-hydrogen) atoms. The van der Waals surface area contributed by atoms with Crippen LogP contribution in [0.4, 0.5) is 5.69 Å². The molecule has 3 aromatic rings. The Morgan fingerprint density at radius 1 is 1.14 bits per heavy atom. The van der Waals surface area contributed by atoms with Crippen LogP contribution in [0.25, 0.3) is 10.8 Å². The molecular formula is C26H24BrNO. The number of benzene rings is 3. The van der Waals surface area contributed by atoms with Gasteiger partial charge in [0.2, 0.25) is 0 Å². The maximum atomic E-state index is 12.1. The Bertz CT molecular complexity index is 1160. The van der Waals surface area contributed by atoms with E-state index in [1.54, 1.807) is 0 Å². The van der Waals surface area contributed by atoms with Gasteiger partial charge in [-0.25, -0.2) is 0 Å². The van der Waals surface area contributed by atoms with Crippen molar-refractivity contribution >= 4 is 38.7 Å². The minimum Gasteiger partial charge on any atom is -0.346 e. The Balaban J connectivity index is 1.83. The van der Waals surface area contributed by atoms with Gasteiger partial charge in [-0.3, -0.25) is 4.79 Å². The van der Waals surface area contributed by atoms with Crippen molar-refractivity contribution in [1.29, 1.82) is 0 Å². The predicted octanol–water partition coefficient (Wildman–Crippen LogP) is 6.48. The number of carbonyl (C=O) groups excluding carboxylic acids is 1. The maximum absolute atomic E-state index is 12.1. The lowest BCUT2D eigenvalue weighted by Crippen LogP contribution is -2.36. The van der Waals surface area contributed by atoms with Gasteiger partial charge in [-0.2, -0.15) is 0 Å². The fraction of sp³-hybridized carbons (Fsp3) is 0.269. The highest BCUT2D eigenvalue weighted by Crippen LogP contribution is 2.58. The zero-order valence-electron chi connectivity index (χ0n) is 16.8. The Hall–Kier alpha value is -2.39. The summed E-state index contributed by atoms with van der Waals surface area (Å²) in [6.45, 7) is 2.24. The smallest absolute Gasteiger partial charge is 0.147 e. The minimum absolute atomic E-state index is 0.138. The third kappa shape index (κ3) is 2.71. The molecule has 146 valence electrons. The van der Waals surface area contributed by atoms with Crippen molar-refractivity contribution in [2.75, 3.05) is 11.9 Å². The number of hydrogen-bond acceptors (Lipinski definition) is 2. The van der Waals surface area contributed by atoms with Gasteiger partial charge in [0.1, 0.15) is 6.29 Å². The van der Waals surface area contributed by atoms with Gasteiger partial charge in [-0.1, -0.05) is 58.4 Å². The summed E-state index contributed by atoms with van der Waals surface area (Å²) in [6.07, 6.45) is 5.02. The lowest BCUT2D eigenvalue weighted by Gasteiger charge is -2.38. The second-order valence-electron chi connectivity index (χ2n) is 8.43. The van der Waals surface area contributed by atoms with Crippen LogP contribution >= 0.6 is 15.9 Å². The molecule has 1 atom stereocenters. The van der Waals surface area contributed by atoms with E-state index in [2.05, 4.69) is 89.4 Å². The molecule has 0 N–H and O–H groups in total. The van der Waals surface area contributed by atoms with E-state index in [-0.39, 0.29) is 5.41 Å². The van der Waals surface area contributed by atoms with Crippen LogP contribution in [0.5, 0.6) is 0 Å². The lowest BCUT2D eigenvalue weighted by atomic mass is 9.66. The number of halogens is 1. The van der Waals surface area contributed by atoms with Crippen LogP contribution in [0.1, 0.15) is 36.0 Å². The molecule has 0 fully saturated rings. The Morgan fingerprint density at radius 3 is 2.66 bits per heavy atom. The Kier molecular flexibility index (Phi) is 4.40. The van der Waals surface area contributed by atoms with E-state index in [0.29, 0.717) is 0 Å². The number of fused-ring (bicyclic) bond motifs is 5. The topological polar surface area (TPSA) is 20.3 Å². The molecule has 2 aliphatic rings. The molecule has 1 aliphatic heterocycles. The average Bonchev–Trinajstić information content (AvgIpc) is 2.99. The molecule has 1 unspecified atom stereocenters. The van der Waals surface area contributed by atoms with Crippen LogP contribution in [-0.2, 0) is 16.6 Å². The largest absolute Gasteiger partial charge is 0.346 e. The Morgan fingerprint density at radius 2 is 1.90 bits per heavy atom. The third-order valence-corrected chi connectivity index (χ3v) is 7.27. The van der Waals surface area contributed by atoms with Gasteiger partial charge in [-0.15, -0.1) is 0 Å². The normalized spacial score (nSPS) is 20.7. The molecule has 0 saturated heterocycles. The number of anilines is 1. The molecule has 3 aromatic carbocycles. The van der Waals surface area contributed by atoms with Crippen molar-refractivity contribution in [3.63, 3.8) is 0 Å². The SMILES string of the molecule is Cc1cc2ccccc2c2c1C1(Cc3ccc(Br)cc3)CCCC(C=O)=C1N2C. The third-order valence-electron chi connectivity index (χ3n) is 6.74. The van der Waals surface area contributed by atoms with E-state index in [0.717, 1.165) is 42.0 Å². The molecule has 2 nitrogen and oxygen atoms in total. The molecule has 0 saturated carbocycles. The van der Waals surface area contributed by atoms with E-state index in [9.17, 15) is 4.79 Å². The fourth-order valence-electron chi connectivity index (χ4n) is 5.76. The summed E-state index contributed by atoms with van der Waals surface area (Å²) >= 11 is 3.56. The second kappa shape index (κ2) is 6.84. The molecule has 0 amide bonds. The molecule has 0 aromatic heterocycles. The molecule has 3 heteroatoms. The molecule has 5 rings (SSSR count). The second-order valence-corrected chi connectivity index (χ2v) is 9.34. The minimum atomic E-state index is -0.138. The predicted molar refractivity (Wildman–Crippen MR) is 124 cm³/mol. The summed E-state index contributed by atoms with van der Waals surface area (Å²) < 4.78 is 1.10. The number of aryl methyl sites for hydroxylation is 1. The summed E-state index contributed by atoms with van der Waals surface area (Å²) in [4.78, 5) is 14.4. The molecule has 0 bridgehead atoms. The van der Waals surface area contributed by atoms with Gasteiger partial charge in [0.25, 0.3) is 0 Å². The monoisotopic (exact) mass is 445 g/mol. The van der Waals surface area contributed by atoms with Gasteiger partial charge < -0.3 is 4.90 Å². The summed E-state index contributed by atoms with van der Waals surface area (Å²) in [7, 11) is 2.15. The van der Waals surface area contributed by atoms with Gasteiger partial charge in [0.15, 0.2) is 0 Å². The zero-order chi connectivity index (χ0) is 20.2. The first-order valence-electron chi connectivity index (χ1n) is 10.2. The number of likely N-dealkylation sites (N-methyl/N-ethyl adjacent to an activating group) is 1. The molecule has 1 aliphatic carbocycles. The average molecular weight is 446 g/mol. The number of aldehydes is 1. The summed E-state index contributed by atoms with van der Waals surface area (Å²) in [5.41, 5.74) is 7.38. The summed E-state index contributed by atoms with van der Waals surface area (Å²) in [5, 5.41) is 2.54. The van der Waals surface area contributed by atoms with E-state index in [1.807, 2.05) is 0 Å². The zero-order valence-corrected chi connectivity index (χ0v) is 18.4. The quantitative estimate of drug-likeness (QED) is 0.430. The molecule has 1 heterocycles. The van der Waals surface area contributed by atoms with E-state index >= 15 is 0 Å². The van der Waals surface area contributed by atoms with Crippen LogP contribution in [-0.4, -0.2) is 13.3 Å². The van der Waals surface area contributed by atoms with Crippen molar-refractivity contribution in [3.05, 3.63) is 87.0 Å².